The zero-order valence-corrected chi connectivity index (χ0v) is 14.3. The first-order chi connectivity index (χ1) is 10.6. The molecule has 1 spiro atoms. The summed E-state index contributed by atoms with van der Waals surface area (Å²) in [5, 5.41) is 3.79. The maximum atomic E-state index is 6.52. The molecular formula is C19H30N2O. The van der Waals surface area contributed by atoms with Crippen LogP contribution in [0, 0.1) is 6.92 Å². The lowest BCUT2D eigenvalue weighted by Crippen LogP contribution is -2.46. The monoisotopic (exact) mass is 302 g/mol. The Bertz CT molecular complexity index is 506. The SMILES string of the molecule is Cc1ccc2c(c1)C(NCCN(C)C)CC1(CCCCC1)O2. The molecule has 3 nitrogen and oxygen atoms in total. The molecule has 0 amide bonds. The Morgan fingerprint density at radius 3 is 2.73 bits per heavy atom. The zero-order valence-electron chi connectivity index (χ0n) is 14.3. The Morgan fingerprint density at radius 2 is 2.00 bits per heavy atom. The molecule has 1 atom stereocenters. The van der Waals surface area contributed by atoms with Crippen molar-refractivity contribution < 1.29 is 4.74 Å². The Hall–Kier alpha value is -1.06. The molecule has 1 aliphatic heterocycles. The molecule has 122 valence electrons. The molecule has 1 fully saturated rings. The van der Waals surface area contributed by atoms with Crippen LogP contribution in [0.3, 0.4) is 0 Å². The molecule has 0 aromatic heterocycles. The number of benzene rings is 1. The second kappa shape index (κ2) is 6.59. The van der Waals surface area contributed by atoms with E-state index in [4.69, 9.17) is 4.74 Å². The van der Waals surface area contributed by atoms with Crippen LogP contribution < -0.4 is 10.1 Å². The summed E-state index contributed by atoms with van der Waals surface area (Å²) in [6.45, 7) is 4.27. The van der Waals surface area contributed by atoms with Gasteiger partial charge < -0.3 is 15.0 Å². The third kappa shape index (κ3) is 3.47. The van der Waals surface area contributed by atoms with Crippen LogP contribution in [0.25, 0.3) is 0 Å². The van der Waals surface area contributed by atoms with Crippen molar-refractivity contribution in [3.05, 3.63) is 29.3 Å². The fourth-order valence-corrected chi connectivity index (χ4v) is 3.94. The number of nitrogens with zero attached hydrogens (tertiary/aromatic N) is 1. The number of likely N-dealkylation sites (N-methyl/N-ethyl adjacent to an activating group) is 1. The van der Waals surface area contributed by atoms with E-state index in [0.717, 1.165) is 25.3 Å². The predicted octanol–water partition coefficient (Wildman–Crippen LogP) is 3.67. The quantitative estimate of drug-likeness (QED) is 0.918. The van der Waals surface area contributed by atoms with Crippen molar-refractivity contribution >= 4 is 0 Å². The normalized spacial score (nSPS) is 23.4. The number of aryl methyl sites for hydroxylation is 1. The van der Waals surface area contributed by atoms with Gasteiger partial charge in [0.25, 0.3) is 0 Å². The molecule has 1 unspecified atom stereocenters. The summed E-state index contributed by atoms with van der Waals surface area (Å²) in [6.07, 6.45) is 7.54. The van der Waals surface area contributed by atoms with E-state index in [2.05, 4.69) is 49.4 Å². The van der Waals surface area contributed by atoms with Crippen molar-refractivity contribution in [2.75, 3.05) is 27.2 Å². The summed E-state index contributed by atoms with van der Waals surface area (Å²) in [5.41, 5.74) is 2.76. The van der Waals surface area contributed by atoms with Gasteiger partial charge in [0.2, 0.25) is 0 Å². The number of nitrogens with one attached hydrogen (secondary N) is 1. The highest BCUT2D eigenvalue weighted by atomic mass is 16.5. The molecule has 22 heavy (non-hydrogen) atoms. The Morgan fingerprint density at radius 1 is 1.23 bits per heavy atom. The molecule has 3 rings (SSSR count). The van der Waals surface area contributed by atoms with Gasteiger partial charge in [0.15, 0.2) is 0 Å². The molecule has 0 bridgehead atoms. The van der Waals surface area contributed by atoms with E-state index in [1.54, 1.807) is 0 Å². The van der Waals surface area contributed by atoms with Crippen LogP contribution in [-0.4, -0.2) is 37.7 Å². The minimum atomic E-state index is 0.0797. The summed E-state index contributed by atoms with van der Waals surface area (Å²) < 4.78 is 6.52. The van der Waals surface area contributed by atoms with Crippen LogP contribution in [0.2, 0.25) is 0 Å². The molecule has 1 saturated carbocycles. The minimum absolute atomic E-state index is 0.0797. The highest BCUT2D eigenvalue weighted by molar-refractivity contribution is 5.41. The van der Waals surface area contributed by atoms with Gasteiger partial charge in [-0.3, -0.25) is 0 Å². The first-order valence-electron chi connectivity index (χ1n) is 8.76. The lowest BCUT2D eigenvalue weighted by atomic mass is 9.77. The minimum Gasteiger partial charge on any atom is -0.487 e. The number of fused-ring (bicyclic) bond motifs is 1. The average Bonchev–Trinajstić information content (AvgIpc) is 2.48. The highest BCUT2D eigenvalue weighted by Gasteiger charge is 2.41. The molecule has 1 N–H and O–H groups in total. The summed E-state index contributed by atoms with van der Waals surface area (Å²) >= 11 is 0. The van der Waals surface area contributed by atoms with Crippen LogP contribution in [0.5, 0.6) is 5.75 Å². The Kier molecular flexibility index (Phi) is 4.74. The molecule has 2 aliphatic rings. The first-order valence-corrected chi connectivity index (χ1v) is 8.76. The summed E-state index contributed by atoms with van der Waals surface area (Å²) in [6, 6.07) is 7.10. The van der Waals surface area contributed by atoms with Gasteiger partial charge in [0.05, 0.1) is 0 Å². The van der Waals surface area contributed by atoms with Gasteiger partial charge in [-0.25, -0.2) is 0 Å². The van der Waals surface area contributed by atoms with Crippen LogP contribution in [-0.2, 0) is 0 Å². The zero-order chi connectivity index (χ0) is 15.6. The van der Waals surface area contributed by atoms with E-state index >= 15 is 0 Å². The lowest BCUT2D eigenvalue weighted by molar-refractivity contribution is -0.00278. The van der Waals surface area contributed by atoms with Gasteiger partial charge in [0.1, 0.15) is 11.4 Å². The van der Waals surface area contributed by atoms with E-state index in [1.807, 2.05) is 0 Å². The van der Waals surface area contributed by atoms with Gasteiger partial charge in [-0.1, -0.05) is 24.1 Å². The highest BCUT2D eigenvalue weighted by Crippen LogP contribution is 2.46. The molecule has 0 radical (unpaired) electrons. The third-order valence-corrected chi connectivity index (χ3v) is 5.16. The summed E-state index contributed by atoms with van der Waals surface area (Å²) in [7, 11) is 4.26. The number of hydrogen-bond donors (Lipinski definition) is 1. The van der Waals surface area contributed by atoms with Gasteiger partial charge in [0, 0.05) is 31.1 Å². The first kappa shape index (κ1) is 15.8. The smallest absolute Gasteiger partial charge is 0.124 e. The van der Waals surface area contributed by atoms with Gasteiger partial charge in [-0.2, -0.15) is 0 Å². The van der Waals surface area contributed by atoms with Crippen molar-refractivity contribution in [1.29, 1.82) is 0 Å². The van der Waals surface area contributed by atoms with Crippen LogP contribution in [0.15, 0.2) is 18.2 Å². The predicted molar refractivity (Wildman–Crippen MR) is 91.5 cm³/mol. The van der Waals surface area contributed by atoms with E-state index < -0.39 is 0 Å². The fraction of sp³-hybridized carbons (Fsp3) is 0.684. The van der Waals surface area contributed by atoms with Crippen molar-refractivity contribution in [3.8, 4) is 5.75 Å². The Balaban J connectivity index is 1.81. The molecule has 3 heteroatoms. The second-order valence-corrected chi connectivity index (χ2v) is 7.40. The largest absolute Gasteiger partial charge is 0.487 e. The molecule has 1 aromatic carbocycles. The maximum Gasteiger partial charge on any atom is 0.124 e. The van der Waals surface area contributed by atoms with E-state index in [-0.39, 0.29) is 5.60 Å². The second-order valence-electron chi connectivity index (χ2n) is 7.40. The van der Waals surface area contributed by atoms with Gasteiger partial charge in [-0.15, -0.1) is 0 Å². The number of rotatable bonds is 4. The third-order valence-electron chi connectivity index (χ3n) is 5.16. The molecule has 1 heterocycles. The van der Waals surface area contributed by atoms with Crippen molar-refractivity contribution in [1.82, 2.24) is 10.2 Å². The fourth-order valence-electron chi connectivity index (χ4n) is 3.94. The summed E-state index contributed by atoms with van der Waals surface area (Å²) in [5.74, 6) is 1.11. The van der Waals surface area contributed by atoms with Crippen molar-refractivity contribution in [3.63, 3.8) is 0 Å². The standard InChI is InChI=1S/C19H30N2O/c1-15-7-8-18-16(13-15)17(20-11-12-21(2)3)14-19(22-18)9-5-4-6-10-19/h7-8,13,17,20H,4-6,9-12,14H2,1-3H3. The van der Waals surface area contributed by atoms with Gasteiger partial charge in [-0.05, 0) is 52.8 Å². The maximum absolute atomic E-state index is 6.52. The Labute approximate surface area is 135 Å². The van der Waals surface area contributed by atoms with Crippen molar-refractivity contribution in [2.45, 2.75) is 57.1 Å². The number of hydrogen-bond acceptors (Lipinski definition) is 3. The van der Waals surface area contributed by atoms with Crippen molar-refractivity contribution in [2.24, 2.45) is 0 Å². The molecule has 1 aliphatic carbocycles. The molecule has 0 saturated heterocycles. The molecule has 1 aromatic rings. The van der Waals surface area contributed by atoms with E-state index in [9.17, 15) is 0 Å². The molecular weight excluding hydrogens is 272 g/mol. The lowest BCUT2D eigenvalue weighted by Gasteiger charge is -2.45. The van der Waals surface area contributed by atoms with E-state index in [0.29, 0.717) is 6.04 Å². The topological polar surface area (TPSA) is 24.5 Å². The van der Waals surface area contributed by atoms with Crippen LogP contribution >= 0.6 is 0 Å². The van der Waals surface area contributed by atoms with Crippen LogP contribution in [0.4, 0.5) is 0 Å². The average molecular weight is 302 g/mol. The number of ether oxygens (including phenoxy) is 1. The van der Waals surface area contributed by atoms with E-state index in [1.165, 1.54) is 43.2 Å². The summed E-state index contributed by atoms with van der Waals surface area (Å²) in [4.78, 5) is 2.24. The van der Waals surface area contributed by atoms with Gasteiger partial charge >= 0.3 is 0 Å². The van der Waals surface area contributed by atoms with Crippen LogP contribution in [0.1, 0.15) is 55.7 Å².